The van der Waals surface area contributed by atoms with Crippen molar-refractivity contribution < 1.29 is 19.1 Å². The van der Waals surface area contributed by atoms with Gasteiger partial charge in [0.25, 0.3) is 5.91 Å². The highest BCUT2D eigenvalue weighted by Gasteiger charge is 2.10. The first-order chi connectivity index (χ1) is 12.3. The van der Waals surface area contributed by atoms with Crippen LogP contribution in [0.2, 0.25) is 0 Å². The Kier molecular flexibility index (Phi) is 6.60. The first-order valence-corrected chi connectivity index (χ1v) is 8.28. The molecular weight excluding hydrogens is 332 g/mol. The normalized spacial score (nSPS) is 10.2. The van der Waals surface area contributed by atoms with Crippen molar-refractivity contribution in [3.63, 3.8) is 0 Å². The van der Waals surface area contributed by atoms with E-state index in [2.05, 4.69) is 5.32 Å². The van der Waals surface area contributed by atoms with E-state index in [0.29, 0.717) is 11.4 Å². The number of amides is 1. The van der Waals surface area contributed by atoms with Crippen LogP contribution in [0, 0.1) is 13.8 Å². The molecule has 0 atom stereocenters. The summed E-state index contributed by atoms with van der Waals surface area (Å²) in [6.07, 6.45) is 0. The lowest BCUT2D eigenvalue weighted by Crippen LogP contribution is -2.23. The molecule has 0 heterocycles. The molecule has 0 spiro atoms. The van der Waals surface area contributed by atoms with Gasteiger partial charge >= 0.3 is 5.97 Å². The lowest BCUT2D eigenvalue weighted by Gasteiger charge is -2.13. The largest absolute Gasteiger partial charge is 0.482 e. The summed E-state index contributed by atoms with van der Waals surface area (Å²) in [7, 11) is 3.88. The molecule has 6 nitrogen and oxygen atoms in total. The van der Waals surface area contributed by atoms with Crippen LogP contribution in [0.5, 0.6) is 5.75 Å². The van der Waals surface area contributed by atoms with Crippen molar-refractivity contribution in [1.29, 1.82) is 0 Å². The molecule has 0 unspecified atom stereocenters. The van der Waals surface area contributed by atoms with E-state index in [0.717, 1.165) is 16.8 Å². The molecule has 2 rings (SSSR count). The van der Waals surface area contributed by atoms with E-state index in [9.17, 15) is 9.59 Å². The van der Waals surface area contributed by atoms with Crippen molar-refractivity contribution in [2.45, 2.75) is 13.8 Å². The number of ether oxygens (including phenoxy) is 2. The third kappa shape index (κ3) is 5.81. The van der Waals surface area contributed by atoms with Crippen molar-refractivity contribution in [1.82, 2.24) is 0 Å². The summed E-state index contributed by atoms with van der Waals surface area (Å²) >= 11 is 0. The van der Waals surface area contributed by atoms with Gasteiger partial charge < -0.3 is 19.7 Å². The van der Waals surface area contributed by atoms with Gasteiger partial charge in [-0.2, -0.15) is 0 Å². The predicted molar refractivity (Wildman–Crippen MR) is 102 cm³/mol. The fourth-order valence-electron chi connectivity index (χ4n) is 2.23. The SMILES string of the molecule is Cc1ccc(C)c(OCC(=O)OCC(=O)Nc2ccc(N(C)C)cc2)c1. The third-order valence-corrected chi connectivity index (χ3v) is 3.72. The van der Waals surface area contributed by atoms with Crippen LogP contribution in [0.1, 0.15) is 11.1 Å². The van der Waals surface area contributed by atoms with Gasteiger partial charge in [-0.3, -0.25) is 4.79 Å². The zero-order chi connectivity index (χ0) is 19.1. The highest BCUT2D eigenvalue weighted by Crippen LogP contribution is 2.19. The molecule has 2 aromatic carbocycles. The van der Waals surface area contributed by atoms with Gasteiger partial charge in [0.2, 0.25) is 0 Å². The number of carbonyl (C=O) groups is 2. The van der Waals surface area contributed by atoms with Crippen molar-refractivity contribution in [3.05, 3.63) is 53.6 Å². The lowest BCUT2D eigenvalue weighted by molar-refractivity contribution is -0.149. The smallest absolute Gasteiger partial charge is 0.344 e. The summed E-state index contributed by atoms with van der Waals surface area (Å²) in [5, 5.41) is 2.68. The maximum atomic E-state index is 11.9. The van der Waals surface area contributed by atoms with E-state index in [4.69, 9.17) is 9.47 Å². The van der Waals surface area contributed by atoms with Crippen LogP contribution in [-0.4, -0.2) is 39.2 Å². The molecule has 0 aromatic heterocycles. The second-order valence-electron chi connectivity index (χ2n) is 6.21. The van der Waals surface area contributed by atoms with E-state index in [1.54, 1.807) is 12.1 Å². The van der Waals surface area contributed by atoms with E-state index in [1.807, 2.05) is 63.2 Å². The molecule has 0 aliphatic rings. The number of hydrogen-bond donors (Lipinski definition) is 1. The molecule has 138 valence electrons. The number of anilines is 2. The first kappa shape index (κ1) is 19.3. The molecule has 0 aliphatic heterocycles. The molecule has 0 saturated carbocycles. The van der Waals surface area contributed by atoms with Gasteiger partial charge in [0, 0.05) is 25.5 Å². The number of benzene rings is 2. The summed E-state index contributed by atoms with van der Waals surface area (Å²) in [6, 6.07) is 13.1. The first-order valence-electron chi connectivity index (χ1n) is 8.28. The standard InChI is InChI=1S/C20H24N2O4/c1-14-5-6-15(2)18(11-14)25-13-20(24)26-12-19(23)21-16-7-9-17(10-8-16)22(3)4/h5-11H,12-13H2,1-4H3,(H,21,23). The van der Waals surface area contributed by atoms with Crippen LogP contribution in [0.3, 0.4) is 0 Å². The lowest BCUT2D eigenvalue weighted by atomic mass is 10.1. The summed E-state index contributed by atoms with van der Waals surface area (Å²) in [5.41, 5.74) is 3.64. The topological polar surface area (TPSA) is 67.9 Å². The van der Waals surface area contributed by atoms with Gasteiger partial charge in [0.15, 0.2) is 13.2 Å². The number of hydrogen-bond acceptors (Lipinski definition) is 5. The van der Waals surface area contributed by atoms with Gasteiger partial charge in [-0.1, -0.05) is 12.1 Å². The fourth-order valence-corrected chi connectivity index (χ4v) is 2.23. The summed E-state index contributed by atoms with van der Waals surface area (Å²) in [6.45, 7) is 3.24. The zero-order valence-electron chi connectivity index (χ0n) is 15.5. The van der Waals surface area contributed by atoms with Gasteiger partial charge in [0.1, 0.15) is 5.75 Å². The van der Waals surface area contributed by atoms with Crippen LogP contribution >= 0.6 is 0 Å². The Hall–Kier alpha value is -3.02. The molecule has 0 bridgehead atoms. The molecule has 2 aromatic rings. The number of aryl methyl sites for hydroxylation is 2. The minimum Gasteiger partial charge on any atom is -0.482 e. The minimum absolute atomic E-state index is 0.241. The molecule has 6 heteroatoms. The van der Waals surface area contributed by atoms with Crippen LogP contribution in [0.4, 0.5) is 11.4 Å². The number of carbonyl (C=O) groups excluding carboxylic acids is 2. The van der Waals surface area contributed by atoms with Crippen molar-refractivity contribution in [2.24, 2.45) is 0 Å². The Morgan fingerprint density at radius 2 is 1.69 bits per heavy atom. The van der Waals surface area contributed by atoms with Gasteiger partial charge in [-0.15, -0.1) is 0 Å². The monoisotopic (exact) mass is 356 g/mol. The summed E-state index contributed by atoms with van der Waals surface area (Å²) in [5.74, 6) is -0.362. The highest BCUT2D eigenvalue weighted by molar-refractivity contribution is 5.93. The summed E-state index contributed by atoms with van der Waals surface area (Å²) < 4.78 is 10.4. The van der Waals surface area contributed by atoms with Crippen LogP contribution in [-0.2, 0) is 14.3 Å². The number of rotatable bonds is 7. The molecule has 0 aliphatic carbocycles. The molecule has 1 N–H and O–H groups in total. The highest BCUT2D eigenvalue weighted by atomic mass is 16.6. The fraction of sp³-hybridized carbons (Fsp3) is 0.300. The van der Waals surface area contributed by atoms with Crippen molar-refractivity contribution in [3.8, 4) is 5.75 Å². The minimum atomic E-state index is -0.594. The average molecular weight is 356 g/mol. The van der Waals surface area contributed by atoms with Gasteiger partial charge in [-0.05, 0) is 55.3 Å². The van der Waals surface area contributed by atoms with Crippen molar-refractivity contribution in [2.75, 3.05) is 37.5 Å². The van der Waals surface area contributed by atoms with Gasteiger partial charge in [-0.25, -0.2) is 4.79 Å². The Morgan fingerprint density at radius 1 is 1.00 bits per heavy atom. The quantitative estimate of drug-likeness (QED) is 0.773. The Balaban J connectivity index is 1.76. The second-order valence-corrected chi connectivity index (χ2v) is 6.21. The van der Waals surface area contributed by atoms with E-state index < -0.39 is 11.9 Å². The molecule has 0 saturated heterocycles. The van der Waals surface area contributed by atoms with Crippen LogP contribution < -0.4 is 15.0 Å². The van der Waals surface area contributed by atoms with E-state index >= 15 is 0 Å². The molecule has 1 amide bonds. The molecule has 0 fully saturated rings. The predicted octanol–water partition coefficient (Wildman–Crippen LogP) is 2.93. The van der Waals surface area contributed by atoms with Gasteiger partial charge in [0.05, 0.1) is 0 Å². The second kappa shape index (κ2) is 8.89. The van der Waals surface area contributed by atoms with Crippen molar-refractivity contribution >= 4 is 23.3 Å². The maximum Gasteiger partial charge on any atom is 0.344 e. The third-order valence-electron chi connectivity index (χ3n) is 3.72. The Morgan fingerprint density at radius 3 is 2.35 bits per heavy atom. The van der Waals surface area contributed by atoms with E-state index in [-0.39, 0.29) is 13.2 Å². The summed E-state index contributed by atoms with van der Waals surface area (Å²) in [4.78, 5) is 25.6. The van der Waals surface area contributed by atoms with Crippen LogP contribution in [0.25, 0.3) is 0 Å². The molecule has 26 heavy (non-hydrogen) atoms. The number of esters is 1. The number of nitrogens with one attached hydrogen (secondary N) is 1. The Labute approximate surface area is 153 Å². The zero-order valence-corrected chi connectivity index (χ0v) is 15.5. The number of nitrogens with zero attached hydrogens (tertiary/aromatic N) is 1. The Bertz CT molecular complexity index is 770. The molecular formula is C20H24N2O4. The maximum absolute atomic E-state index is 11.9. The van der Waals surface area contributed by atoms with Crippen LogP contribution in [0.15, 0.2) is 42.5 Å². The molecule has 0 radical (unpaired) electrons. The average Bonchev–Trinajstić information content (AvgIpc) is 2.61. The van der Waals surface area contributed by atoms with E-state index in [1.165, 1.54) is 0 Å².